The number of carbonyl (C=O) groups excluding carboxylic acids is 3. The van der Waals surface area contributed by atoms with Gasteiger partial charge < -0.3 is 18.9 Å². The zero-order valence-electron chi connectivity index (χ0n) is 15.7. The number of hydrogen-bond acceptors (Lipinski definition) is 9. The first-order chi connectivity index (χ1) is 12.2. The van der Waals surface area contributed by atoms with Gasteiger partial charge in [0.1, 0.15) is 25.5 Å². The van der Waals surface area contributed by atoms with E-state index >= 15 is 0 Å². The number of nitrogens with zero attached hydrogens (tertiary/aromatic N) is 1. The second-order valence-corrected chi connectivity index (χ2v) is 6.09. The Kier molecular flexibility index (Phi) is 12.6. The fraction of sp³-hybridized carbons (Fsp3) is 0.750. The topological polar surface area (TPSA) is 100 Å². The van der Waals surface area contributed by atoms with Gasteiger partial charge in [0.05, 0.1) is 18.2 Å². The van der Waals surface area contributed by atoms with E-state index in [4.69, 9.17) is 18.9 Å². The summed E-state index contributed by atoms with van der Waals surface area (Å²) in [5, 5.41) is 0.329. The average Bonchev–Trinajstić information content (AvgIpc) is 2.54. The molecule has 0 aromatic rings. The first-order valence-corrected chi connectivity index (χ1v) is 9.16. The highest BCUT2D eigenvalue weighted by Crippen LogP contribution is 2.14. The van der Waals surface area contributed by atoms with Crippen LogP contribution in [0.25, 0.3) is 0 Å². The van der Waals surface area contributed by atoms with Gasteiger partial charge in [-0.25, -0.2) is 4.39 Å². The number of rotatable bonds is 11. The maximum Gasteiger partial charge on any atom is 0.303 e. The molecule has 0 bridgehead atoms. The van der Waals surface area contributed by atoms with Crippen molar-refractivity contribution in [2.75, 3.05) is 32.7 Å². The van der Waals surface area contributed by atoms with Gasteiger partial charge in [-0.15, -0.1) is 11.8 Å². The summed E-state index contributed by atoms with van der Waals surface area (Å²) in [6.45, 7) is 4.55. The lowest BCUT2D eigenvalue weighted by atomic mass is 10.1. The first-order valence-electron chi connectivity index (χ1n) is 7.93. The van der Waals surface area contributed by atoms with Crippen molar-refractivity contribution in [3.8, 4) is 0 Å². The summed E-state index contributed by atoms with van der Waals surface area (Å²) in [7, 11) is 0. The normalized spacial score (nSPS) is 14.9. The quantitative estimate of drug-likeness (QED) is 0.171. The molecule has 0 unspecified atom stereocenters. The van der Waals surface area contributed by atoms with Crippen LogP contribution in [0.5, 0.6) is 0 Å². The molecule has 0 aliphatic carbocycles. The third kappa shape index (κ3) is 11.0. The maximum absolute atomic E-state index is 12.6. The summed E-state index contributed by atoms with van der Waals surface area (Å²) in [5.74, 6) is -1.70. The number of ether oxygens (including phenoxy) is 4. The Hall–Kier alpha value is -1.68. The Morgan fingerprint density at radius 1 is 1.08 bits per heavy atom. The van der Waals surface area contributed by atoms with E-state index in [9.17, 15) is 18.8 Å². The molecule has 26 heavy (non-hydrogen) atoms. The minimum absolute atomic E-state index is 0.0700. The number of esters is 3. The molecule has 0 aromatic carbocycles. The molecule has 0 saturated carbocycles. The Labute approximate surface area is 156 Å². The van der Waals surface area contributed by atoms with E-state index < -0.39 is 42.9 Å². The van der Waals surface area contributed by atoms with E-state index in [1.165, 1.54) is 39.5 Å². The van der Waals surface area contributed by atoms with Gasteiger partial charge in [0, 0.05) is 20.8 Å². The van der Waals surface area contributed by atoms with Gasteiger partial charge in [-0.1, -0.05) is 0 Å². The third-order valence-electron chi connectivity index (χ3n) is 3.00. The summed E-state index contributed by atoms with van der Waals surface area (Å²) in [5.41, 5.74) is 0. The molecule has 0 rings (SSSR count). The lowest BCUT2D eigenvalue weighted by Crippen LogP contribution is -2.45. The molecule has 0 N–H and O–H groups in total. The Morgan fingerprint density at radius 3 is 2.15 bits per heavy atom. The van der Waals surface area contributed by atoms with Crippen molar-refractivity contribution in [3.05, 3.63) is 0 Å². The molecule has 8 nitrogen and oxygen atoms in total. The van der Waals surface area contributed by atoms with Crippen molar-refractivity contribution >= 4 is 34.7 Å². The predicted molar refractivity (Wildman–Crippen MR) is 94.9 cm³/mol. The van der Waals surface area contributed by atoms with Gasteiger partial charge in [-0.2, -0.15) is 0 Å². The van der Waals surface area contributed by atoms with Gasteiger partial charge >= 0.3 is 17.9 Å². The summed E-state index contributed by atoms with van der Waals surface area (Å²) >= 11 is 1.19. The number of alkyl halides is 1. The Balaban J connectivity index is 5.09. The monoisotopic (exact) mass is 395 g/mol. The van der Waals surface area contributed by atoms with Gasteiger partial charge in [-0.05, 0) is 13.2 Å². The van der Waals surface area contributed by atoms with Crippen LogP contribution >= 0.6 is 11.8 Å². The molecule has 0 radical (unpaired) electrons. The molecule has 3 atom stereocenters. The van der Waals surface area contributed by atoms with E-state index in [1.54, 1.807) is 6.26 Å². The molecule has 0 saturated heterocycles. The van der Waals surface area contributed by atoms with Crippen molar-refractivity contribution in [1.82, 2.24) is 0 Å². The van der Waals surface area contributed by atoms with E-state index in [1.807, 2.05) is 0 Å². The van der Waals surface area contributed by atoms with Gasteiger partial charge in [0.15, 0.2) is 6.10 Å². The van der Waals surface area contributed by atoms with Gasteiger partial charge in [-0.3, -0.25) is 19.4 Å². The van der Waals surface area contributed by atoms with Crippen LogP contribution in [0.2, 0.25) is 0 Å². The molecule has 10 heteroatoms. The highest BCUT2D eigenvalue weighted by Gasteiger charge is 2.33. The summed E-state index contributed by atoms with van der Waals surface area (Å²) < 4.78 is 33.4. The standard InChI is InChI=1S/C16H26FNO7S/c1-10(24-12(3)20)16(25-13(4)21)14(9-23-11(2)19)22-7-6-18-15(8-17)26-5/h10,14,16H,6-9H2,1-5H3/b18-15-/t10-,14-,16+/m1/s1. The Morgan fingerprint density at radius 2 is 1.69 bits per heavy atom. The fourth-order valence-electron chi connectivity index (χ4n) is 1.97. The van der Waals surface area contributed by atoms with Crippen LogP contribution < -0.4 is 0 Å². The van der Waals surface area contributed by atoms with E-state index in [2.05, 4.69) is 4.99 Å². The summed E-state index contributed by atoms with van der Waals surface area (Å²) in [4.78, 5) is 37.7. The molecule has 0 aliphatic rings. The SMILES string of the molecule is CS/C(CF)=N\CCO[C@H](COC(C)=O)[C@@H](OC(C)=O)[C@@H](C)OC(C)=O. The van der Waals surface area contributed by atoms with Crippen LogP contribution in [0, 0.1) is 0 Å². The van der Waals surface area contributed by atoms with Crippen LogP contribution in [-0.2, 0) is 33.3 Å². The van der Waals surface area contributed by atoms with Crippen LogP contribution in [0.3, 0.4) is 0 Å². The van der Waals surface area contributed by atoms with E-state index in [0.29, 0.717) is 5.04 Å². The number of thioether (sulfide) groups is 1. The van der Waals surface area contributed by atoms with Crippen molar-refractivity contribution in [1.29, 1.82) is 0 Å². The summed E-state index contributed by atoms with van der Waals surface area (Å²) in [6.07, 6.45) is -0.982. The third-order valence-corrected chi connectivity index (χ3v) is 3.70. The lowest BCUT2D eigenvalue weighted by Gasteiger charge is -2.30. The molecule has 0 amide bonds. The lowest BCUT2D eigenvalue weighted by molar-refractivity contribution is -0.182. The fourth-order valence-corrected chi connectivity index (χ4v) is 2.30. The minimum atomic E-state index is -0.985. The smallest absolute Gasteiger partial charge is 0.303 e. The van der Waals surface area contributed by atoms with E-state index in [-0.39, 0.29) is 19.8 Å². The second-order valence-electron chi connectivity index (χ2n) is 5.21. The molecule has 0 aliphatic heterocycles. The molecular weight excluding hydrogens is 369 g/mol. The highest BCUT2D eigenvalue weighted by molar-refractivity contribution is 8.13. The number of aliphatic imine (C=N–C) groups is 1. The molecule has 150 valence electrons. The number of carbonyl (C=O) groups is 3. The predicted octanol–water partition coefficient (Wildman–Crippen LogP) is 1.55. The minimum Gasteiger partial charge on any atom is -0.463 e. The zero-order chi connectivity index (χ0) is 20.1. The van der Waals surface area contributed by atoms with Crippen LogP contribution in [-0.4, -0.2) is 74.0 Å². The van der Waals surface area contributed by atoms with Crippen LogP contribution in [0.1, 0.15) is 27.7 Å². The molecule has 0 aromatic heterocycles. The van der Waals surface area contributed by atoms with Gasteiger partial charge in [0.25, 0.3) is 0 Å². The van der Waals surface area contributed by atoms with Crippen LogP contribution in [0.15, 0.2) is 4.99 Å². The molecule has 0 fully saturated rings. The average molecular weight is 395 g/mol. The molecule has 0 spiro atoms. The first kappa shape index (κ1) is 24.3. The molecular formula is C16H26FNO7S. The zero-order valence-corrected chi connectivity index (χ0v) is 16.5. The highest BCUT2D eigenvalue weighted by atomic mass is 32.2. The van der Waals surface area contributed by atoms with Crippen molar-refractivity contribution in [2.24, 2.45) is 4.99 Å². The number of halogens is 1. The largest absolute Gasteiger partial charge is 0.463 e. The summed E-state index contributed by atoms with van der Waals surface area (Å²) in [6, 6.07) is 0. The van der Waals surface area contributed by atoms with E-state index in [0.717, 1.165) is 0 Å². The second kappa shape index (κ2) is 13.5. The Bertz CT molecular complexity index is 495. The van der Waals surface area contributed by atoms with Gasteiger partial charge in [0.2, 0.25) is 0 Å². The van der Waals surface area contributed by atoms with Crippen molar-refractivity contribution in [3.63, 3.8) is 0 Å². The maximum atomic E-state index is 12.6. The van der Waals surface area contributed by atoms with Crippen molar-refractivity contribution in [2.45, 2.75) is 46.0 Å². The van der Waals surface area contributed by atoms with Crippen LogP contribution in [0.4, 0.5) is 4.39 Å². The molecule has 0 heterocycles. The number of hydrogen-bond donors (Lipinski definition) is 0. The van der Waals surface area contributed by atoms with Crippen molar-refractivity contribution < 1.29 is 37.7 Å².